The predicted octanol–water partition coefficient (Wildman–Crippen LogP) is 1.99. The third kappa shape index (κ3) is 3.67. The van der Waals surface area contributed by atoms with E-state index in [1.807, 2.05) is 0 Å². The van der Waals surface area contributed by atoms with Gasteiger partial charge in [0.25, 0.3) is 5.91 Å². The zero-order chi connectivity index (χ0) is 13.7. The van der Waals surface area contributed by atoms with Crippen LogP contribution in [0.15, 0.2) is 18.2 Å². The average Bonchev–Trinajstić information content (AvgIpc) is 2.45. The standard InChI is InChI=1S/C14H18FNO3/c1-18-11-2-3-12(13(15)8-11)14(17)16-9-10-4-6-19-7-5-10/h2-3,8,10H,4-7,9H2,1H3,(H,16,17). The summed E-state index contributed by atoms with van der Waals surface area (Å²) in [7, 11) is 1.46. The SMILES string of the molecule is COc1ccc(C(=O)NCC2CCOCC2)c(F)c1. The zero-order valence-corrected chi connectivity index (χ0v) is 10.9. The first-order chi connectivity index (χ1) is 9.20. The summed E-state index contributed by atoms with van der Waals surface area (Å²) in [6, 6.07) is 4.23. The lowest BCUT2D eigenvalue weighted by Gasteiger charge is -2.22. The van der Waals surface area contributed by atoms with E-state index in [1.54, 1.807) is 6.07 Å². The van der Waals surface area contributed by atoms with Crippen molar-refractivity contribution in [3.05, 3.63) is 29.6 Å². The summed E-state index contributed by atoms with van der Waals surface area (Å²) in [5.74, 6) is -0.132. The molecule has 1 aromatic carbocycles. The zero-order valence-electron chi connectivity index (χ0n) is 10.9. The van der Waals surface area contributed by atoms with Gasteiger partial charge in [0.15, 0.2) is 0 Å². The third-order valence-corrected chi connectivity index (χ3v) is 3.31. The molecule has 1 aromatic rings. The summed E-state index contributed by atoms with van der Waals surface area (Å²) in [6.45, 7) is 2.03. The smallest absolute Gasteiger partial charge is 0.254 e. The normalized spacial score (nSPS) is 16.1. The Morgan fingerprint density at radius 1 is 1.47 bits per heavy atom. The first-order valence-electron chi connectivity index (χ1n) is 6.40. The minimum Gasteiger partial charge on any atom is -0.497 e. The molecule has 1 heterocycles. The molecule has 0 bridgehead atoms. The van der Waals surface area contributed by atoms with Crippen molar-refractivity contribution in [1.82, 2.24) is 5.32 Å². The number of methoxy groups -OCH3 is 1. The second-order valence-corrected chi connectivity index (χ2v) is 4.61. The summed E-state index contributed by atoms with van der Waals surface area (Å²) in [5, 5.41) is 2.77. The van der Waals surface area contributed by atoms with Crippen LogP contribution in [0.25, 0.3) is 0 Å². The number of ether oxygens (including phenoxy) is 2. The van der Waals surface area contributed by atoms with Crippen LogP contribution in [0.1, 0.15) is 23.2 Å². The van der Waals surface area contributed by atoms with Gasteiger partial charge in [0, 0.05) is 25.8 Å². The molecule has 1 aliphatic heterocycles. The maximum atomic E-state index is 13.7. The molecule has 1 fully saturated rings. The van der Waals surface area contributed by atoms with E-state index in [4.69, 9.17) is 9.47 Å². The number of carbonyl (C=O) groups excluding carboxylic acids is 1. The number of halogens is 1. The Kier molecular flexibility index (Phi) is 4.74. The lowest BCUT2D eigenvalue weighted by atomic mass is 10.0. The number of hydrogen-bond acceptors (Lipinski definition) is 3. The van der Waals surface area contributed by atoms with Crippen LogP contribution in [-0.2, 0) is 4.74 Å². The van der Waals surface area contributed by atoms with E-state index in [0.717, 1.165) is 26.1 Å². The van der Waals surface area contributed by atoms with Gasteiger partial charge in [-0.2, -0.15) is 0 Å². The summed E-state index contributed by atoms with van der Waals surface area (Å²) < 4.78 is 23.8. The number of benzene rings is 1. The molecule has 104 valence electrons. The number of hydrogen-bond donors (Lipinski definition) is 1. The summed E-state index contributed by atoms with van der Waals surface area (Å²) in [6.07, 6.45) is 1.87. The van der Waals surface area contributed by atoms with Crippen LogP contribution in [0.3, 0.4) is 0 Å². The van der Waals surface area contributed by atoms with Crippen LogP contribution in [0.4, 0.5) is 4.39 Å². The highest BCUT2D eigenvalue weighted by Crippen LogP contribution is 2.17. The fourth-order valence-corrected chi connectivity index (χ4v) is 2.09. The molecule has 0 aliphatic carbocycles. The highest BCUT2D eigenvalue weighted by atomic mass is 19.1. The molecular formula is C14H18FNO3. The van der Waals surface area contributed by atoms with Crippen LogP contribution in [0.5, 0.6) is 5.75 Å². The predicted molar refractivity (Wildman–Crippen MR) is 68.8 cm³/mol. The monoisotopic (exact) mass is 267 g/mol. The molecule has 0 spiro atoms. The Balaban J connectivity index is 1.92. The van der Waals surface area contributed by atoms with Gasteiger partial charge in [-0.05, 0) is 30.9 Å². The maximum Gasteiger partial charge on any atom is 0.254 e. The lowest BCUT2D eigenvalue weighted by molar-refractivity contribution is 0.0642. The van der Waals surface area contributed by atoms with Gasteiger partial charge in [-0.3, -0.25) is 4.79 Å². The molecular weight excluding hydrogens is 249 g/mol. The molecule has 0 unspecified atom stereocenters. The van der Waals surface area contributed by atoms with Crippen molar-refractivity contribution < 1.29 is 18.7 Å². The molecule has 0 aromatic heterocycles. The van der Waals surface area contributed by atoms with E-state index in [2.05, 4.69) is 5.32 Å². The van der Waals surface area contributed by atoms with Crippen LogP contribution in [0, 0.1) is 11.7 Å². The van der Waals surface area contributed by atoms with Gasteiger partial charge in [-0.1, -0.05) is 0 Å². The van der Waals surface area contributed by atoms with E-state index in [0.29, 0.717) is 18.2 Å². The summed E-state index contributed by atoms with van der Waals surface area (Å²) in [5.41, 5.74) is 0.0489. The van der Waals surface area contributed by atoms with Gasteiger partial charge in [-0.25, -0.2) is 4.39 Å². The molecule has 0 saturated carbocycles. The fraction of sp³-hybridized carbons (Fsp3) is 0.500. The number of nitrogens with one attached hydrogen (secondary N) is 1. The molecule has 5 heteroatoms. The van der Waals surface area contributed by atoms with Crippen LogP contribution in [-0.4, -0.2) is 32.8 Å². The third-order valence-electron chi connectivity index (χ3n) is 3.31. The van der Waals surface area contributed by atoms with Crippen molar-refractivity contribution in [2.24, 2.45) is 5.92 Å². The van der Waals surface area contributed by atoms with Crippen molar-refractivity contribution in [2.45, 2.75) is 12.8 Å². The summed E-state index contributed by atoms with van der Waals surface area (Å²) >= 11 is 0. The minimum atomic E-state index is -0.566. The number of amides is 1. The van der Waals surface area contributed by atoms with Crippen LogP contribution in [0.2, 0.25) is 0 Å². The molecule has 19 heavy (non-hydrogen) atoms. The van der Waals surface area contributed by atoms with Crippen LogP contribution >= 0.6 is 0 Å². The van der Waals surface area contributed by atoms with Crippen LogP contribution < -0.4 is 10.1 Å². The molecule has 4 nitrogen and oxygen atoms in total. The Labute approximate surface area is 111 Å². The minimum absolute atomic E-state index is 0.0489. The number of rotatable bonds is 4. The van der Waals surface area contributed by atoms with E-state index >= 15 is 0 Å². The van der Waals surface area contributed by atoms with E-state index in [1.165, 1.54) is 19.2 Å². The highest BCUT2D eigenvalue weighted by molar-refractivity contribution is 5.94. The van der Waals surface area contributed by atoms with Gasteiger partial charge >= 0.3 is 0 Å². The Bertz CT molecular complexity index is 444. The van der Waals surface area contributed by atoms with Gasteiger partial charge in [0.1, 0.15) is 11.6 Å². The molecule has 1 saturated heterocycles. The highest BCUT2D eigenvalue weighted by Gasteiger charge is 2.17. The quantitative estimate of drug-likeness (QED) is 0.907. The van der Waals surface area contributed by atoms with Gasteiger partial charge < -0.3 is 14.8 Å². The van der Waals surface area contributed by atoms with Crippen molar-refractivity contribution >= 4 is 5.91 Å². The molecule has 1 amide bonds. The molecule has 0 radical (unpaired) electrons. The van der Waals surface area contributed by atoms with Crippen molar-refractivity contribution in [1.29, 1.82) is 0 Å². The molecule has 1 N–H and O–H groups in total. The fourth-order valence-electron chi connectivity index (χ4n) is 2.09. The number of carbonyl (C=O) groups is 1. The summed E-state index contributed by atoms with van der Waals surface area (Å²) in [4.78, 5) is 11.9. The van der Waals surface area contributed by atoms with Gasteiger partial charge in [0.2, 0.25) is 0 Å². The first-order valence-corrected chi connectivity index (χ1v) is 6.40. The molecule has 1 aliphatic rings. The van der Waals surface area contributed by atoms with E-state index < -0.39 is 5.82 Å². The first kappa shape index (κ1) is 13.8. The van der Waals surface area contributed by atoms with E-state index in [9.17, 15) is 9.18 Å². The van der Waals surface area contributed by atoms with Crippen molar-refractivity contribution in [3.63, 3.8) is 0 Å². The Morgan fingerprint density at radius 3 is 2.84 bits per heavy atom. The molecule has 0 atom stereocenters. The van der Waals surface area contributed by atoms with Gasteiger partial charge in [0.05, 0.1) is 12.7 Å². The van der Waals surface area contributed by atoms with Crippen molar-refractivity contribution in [3.8, 4) is 5.75 Å². The average molecular weight is 267 g/mol. The lowest BCUT2D eigenvalue weighted by Crippen LogP contribution is -2.32. The second kappa shape index (κ2) is 6.52. The van der Waals surface area contributed by atoms with Gasteiger partial charge in [-0.15, -0.1) is 0 Å². The maximum absolute atomic E-state index is 13.7. The Morgan fingerprint density at radius 2 is 2.21 bits per heavy atom. The topological polar surface area (TPSA) is 47.6 Å². The second-order valence-electron chi connectivity index (χ2n) is 4.61. The largest absolute Gasteiger partial charge is 0.497 e. The Hall–Kier alpha value is -1.62. The molecule has 2 rings (SSSR count). The van der Waals surface area contributed by atoms with Crippen molar-refractivity contribution in [2.75, 3.05) is 26.9 Å². The van der Waals surface area contributed by atoms with E-state index in [-0.39, 0.29) is 11.5 Å².